The maximum Gasteiger partial charge on any atom is 0.327 e. The predicted octanol–water partition coefficient (Wildman–Crippen LogP) is 3.28. The van der Waals surface area contributed by atoms with Crippen LogP contribution >= 0.6 is 0 Å². The monoisotopic (exact) mass is 424 g/mol. The second kappa shape index (κ2) is 7.92. The minimum absolute atomic E-state index is 0.197. The fraction of sp³-hybridized carbons (Fsp3) is 0.273. The zero-order valence-corrected chi connectivity index (χ0v) is 17.2. The maximum atomic E-state index is 13.4. The number of aliphatic carboxylic acids is 1. The number of aromatic nitrogens is 4. The van der Waals surface area contributed by atoms with Crippen molar-refractivity contribution >= 4 is 22.5 Å². The molecule has 1 unspecified atom stereocenters. The molecule has 0 aliphatic rings. The third-order valence-electron chi connectivity index (χ3n) is 5.21. The number of nitrogens with zero attached hydrogens (tertiary/aromatic N) is 4. The molecule has 1 atom stereocenters. The number of hydrogen-bond donors (Lipinski definition) is 1. The number of halogens is 1. The molecule has 1 aromatic carbocycles. The van der Waals surface area contributed by atoms with Crippen LogP contribution < -0.4 is 5.56 Å². The predicted molar refractivity (Wildman–Crippen MR) is 112 cm³/mol. The van der Waals surface area contributed by atoms with Gasteiger partial charge in [-0.3, -0.25) is 4.79 Å². The number of pyridine rings is 1. The molecule has 0 radical (unpaired) electrons. The van der Waals surface area contributed by atoms with Gasteiger partial charge in [0.1, 0.15) is 11.9 Å². The summed E-state index contributed by atoms with van der Waals surface area (Å²) in [4.78, 5) is 29.3. The van der Waals surface area contributed by atoms with Crippen molar-refractivity contribution in [1.29, 1.82) is 0 Å². The first-order valence-corrected chi connectivity index (χ1v) is 9.72. The van der Waals surface area contributed by atoms with Gasteiger partial charge in [0.2, 0.25) is 0 Å². The van der Waals surface area contributed by atoms with Crippen molar-refractivity contribution < 1.29 is 19.0 Å². The Labute approximate surface area is 176 Å². The van der Waals surface area contributed by atoms with E-state index in [1.54, 1.807) is 43.7 Å². The Bertz CT molecular complexity index is 1340. The third-order valence-corrected chi connectivity index (χ3v) is 5.21. The molecule has 0 saturated carbocycles. The summed E-state index contributed by atoms with van der Waals surface area (Å²) in [5.41, 5.74) is 2.50. The molecule has 3 heterocycles. The first kappa shape index (κ1) is 20.7. The molecule has 0 aliphatic heterocycles. The summed E-state index contributed by atoms with van der Waals surface area (Å²) in [6, 6.07) is 6.64. The van der Waals surface area contributed by atoms with Gasteiger partial charge in [-0.05, 0) is 29.7 Å². The highest BCUT2D eigenvalue weighted by molar-refractivity contribution is 5.86. The number of carboxylic acids is 1. The Balaban J connectivity index is 1.99. The van der Waals surface area contributed by atoms with Crippen molar-refractivity contribution in [2.24, 2.45) is 5.92 Å². The number of benzene rings is 1. The number of carbonyl (C=O) groups is 1. The molecule has 160 valence electrons. The zero-order chi connectivity index (χ0) is 22.3. The molecule has 1 N–H and O–H groups in total. The second-order valence-corrected chi connectivity index (χ2v) is 7.61. The van der Waals surface area contributed by atoms with E-state index < -0.39 is 17.6 Å². The maximum absolute atomic E-state index is 13.4. The molecule has 9 heteroatoms. The lowest BCUT2D eigenvalue weighted by molar-refractivity contribution is -0.142. The average molecular weight is 424 g/mol. The summed E-state index contributed by atoms with van der Waals surface area (Å²) < 4.78 is 21.4. The average Bonchev–Trinajstić information content (AvgIpc) is 3.08. The van der Waals surface area contributed by atoms with Crippen LogP contribution in [0.4, 0.5) is 4.39 Å². The molecular formula is C22H21FN4O4. The van der Waals surface area contributed by atoms with Crippen molar-refractivity contribution in [2.75, 3.05) is 7.11 Å². The Morgan fingerprint density at radius 1 is 1.23 bits per heavy atom. The lowest BCUT2D eigenvalue weighted by Crippen LogP contribution is -2.33. The summed E-state index contributed by atoms with van der Waals surface area (Å²) in [6.07, 6.45) is 2.89. The van der Waals surface area contributed by atoms with Crippen LogP contribution in [-0.4, -0.2) is 37.4 Å². The summed E-state index contributed by atoms with van der Waals surface area (Å²) >= 11 is 0. The largest absolute Gasteiger partial charge is 0.480 e. The lowest BCUT2D eigenvalue weighted by Gasteiger charge is -2.19. The van der Waals surface area contributed by atoms with Gasteiger partial charge >= 0.3 is 5.97 Å². The highest BCUT2D eigenvalue weighted by Crippen LogP contribution is 2.30. The molecule has 8 nitrogen and oxygen atoms in total. The number of fused-ring (bicyclic) bond motifs is 3. The van der Waals surface area contributed by atoms with Gasteiger partial charge in [0.15, 0.2) is 5.65 Å². The Kier molecular flexibility index (Phi) is 5.28. The smallest absolute Gasteiger partial charge is 0.327 e. The van der Waals surface area contributed by atoms with Crippen LogP contribution in [0.5, 0.6) is 0 Å². The molecule has 4 aromatic rings. The zero-order valence-electron chi connectivity index (χ0n) is 17.2. The Morgan fingerprint density at radius 2 is 1.94 bits per heavy atom. The summed E-state index contributed by atoms with van der Waals surface area (Å²) in [6.45, 7) is 3.69. The molecular weight excluding hydrogens is 403 g/mol. The number of methoxy groups -OCH3 is 1. The molecule has 0 amide bonds. The van der Waals surface area contributed by atoms with Gasteiger partial charge in [0.05, 0.1) is 28.8 Å². The van der Waals surface area contributed by atoms with Gasteiger partial charge in [-0.25, -0.2) is 18.7 Å². The lowest BCUT2D eigenvalue weighted by atomic mass is 10.0. The third kappa shape index (κ3) is 3.46. The van der Waals surface area contributed by atoms with E-state index in [4.69, 9.17) is 4.74 Å². The van der Waals surface area contributed by atoms with Gasteiger partial charge in [0.25, 0.3) is 5.56 Å². The van der Waals surface area contributed by atoms with E-state index in [1.165, 1.54) is 29.1 Å². The van der Waals surface area contributed by atoms with E-state index in [0.717, 1.165) is 5.56 Å². The molecule has 31 heavy (non-hydrogen) atoms. The van der Waals surface area contributed by atoms with Crippen molar-refractivity contribution in [3.63, 3.8) is 0 Å². The highest BCUT2D eigenvalue weighted by atomic mass is 19.1. The normalized spacial score (nSPS) is 12.7. The molecule has 0 aliphatic carbocycles. The number of carboxylic acid groups (broad SMARTS) is 1. The molecule has 4 rings (SSSR count). The fourth-order valence-electron chi connectivity index (χ4n) is 3.82. The molecule has 3 aromatic heterocycles. The van der Waals surface area contributed by atoms with E-state index in [0.29, 0.717) is 22.4 Å². The first-order chi connectivity index (χ1) is 14.8. The van der Waals surface area contributed by atoms with Crippen molar-refractivity contribution in [3.05, 3.63) is 64.6 Å². The summed E-state index contributed by atoms with van der Waals surface area (Å²) in [5, 5.41) is 14.4. The highest BCUT2D eigenvalue weighted by Gasteiger charge is 2.26. The number of ether oxygens (including phenoxy) is 1. The summed E-state index contributed by atoms with van der Waals surface area (Å²) in [5.74, 6) is -1.72. The standard InChI is InChI=1S/C22H21FN4O4/c1-12(2)19(22(29)30)26-9-8-17-15(21(26)28)10-24-20-18(13-4-6-14(23)7-5-13)16(11-31-3)25-27(17)20/h4-10,12,19H,11H2,1-3H3,(H,29,30). The molecule has 0 spiro atoms. The molecule has 0 saturated heterocycles. The van der Waals surface area contributed by atoms with Crippen molar-refractivity contribution in [2.45, 2.75) is 26.5 Å². The summed E-state index contributed by atoms with van der Waals surface area (Å²) in [7, 11) is 1.54. The minimum Gasteiger partial charge on any atom is -0.480 e. The Morgan fingerprint density at radius 3 is 2.55 bits per heavy atom. The van der Waals surface area contributed by atoms with E-state index in [2.05, 4.69) is 10.1 Å². The SMILES string of the molecule is COCc1nn2c(ncc3c(=O)n(C(C(=O)O)C(C)C)ccc32)c1-c1ccc(F)cc1. The van der Waals surface area contributed by atoms with E-state index in [-0.39, 0.29) is 23.7 Å². The number of rotatable bonds is 6. The second-order valence-electron chi connectivity index (χ2n) is 7.61. The fourth-order valence-corrected chi connectivity index (χ4v) is 3.82. The van der Waals surface area contributed by atoms with Crippen LogP contribution in [0.3, 0.4) is 0 Å². The first-order valence-electron chi connectivity index (χ1n) is 9.72. The van der Waals surface area contributed by atoms with Crippen LogP contribution in [0.15, 0.2) is 47.5 Å². The van der Waals surface area contributed by atoms with Crippen LogP contribution in [0, 0.1) is 11.7 Å². The van der Waals surface area contributed by atoms with E-state index in [1.807, 2.05) is 0 Å². The van der Waals surface area contributed by atoms with Crippen LogP contribution in [0.2, 0.25) is 0 Å². The van der Waals surface area contributed by atoms with Crippen LogP contribution in [0.1, 0.15) is 25.6 Å². The van der Waals surface area contributed by atoms with E-state index in [9.17, 15) is 19.1 Å². The minimum atomic E-state index is -1.08. The van der Waals surface area contributed by atoms with Gasteiger partial charge < -0.3 is 14.4 Å². The van der Waals surface area contributed by atoms with E-state index >= 15 is 0 Å². The van der Waals surface area contributed by atoms with Gasteiger partial charge in [-0.2, -0.15) is 5.10 Å². The molecule has 0 fully saturated rings. The number of hydrogen-bond acceptors (Lipinski definition) is 5. The Hall–Kier alpha value is -3.59. The topological polar surface area (TPSA) is 98.7 Å². The van der Waals surface area contributed by atoms with Crippen LogP contribution in [0.25, 0.3) is 27.7 Å². The quantitative estimate of drug-likeness (QED) is 0.510. The van der Waals surface area contributed by atoms with Gasteiger partial charge in [-0.1, -0.05) is 26.0 Å². The van der Waals surface area contributed by atoms with Crippen molar-refractivity contribution in [3.8, 4) is 11.1 Å². The van der Waals surface area contributed by atoms with Crippen LogP contribution in [-0.2, 0) is 16.1 Å². The van der Waals surface area contributed by atoms with Crippen molar-refractivity contribution in [1.82, 2.24) is 19.2 Å². The van der Waals surface area contributed by atoms with Gasteiger partial charge in [-0.15, -0.1) is 0 Å². The molecule has 0 bridgehead atoms. The van der Waals surface area contributed by atoms with Gasteiger partial charge in [0, 0.05) is 19.5 Å².